The molecule has 0 saturated carbocycles. The van der Waals surface area contributed by atoms with Crippen LogP contribution in [0.15, 0.2) is 21.8 Å². The van der Waals surface area contributed by atoms with Crippen LogP contribution in [0.4, 0.5) is 5.13 Å². The first-order valence-corrected chi connectivity index (χ1v) is 9.94. The molecule has 0 aliphatic carbocycles. The van der Waals surface area contributed by atoms with Gasteiger partial charge in [-0.05, 0) is 5.57 Å². The van der Waals surface area contributed by atoms with Crippen LogP contribution in [0.5, 0.6) is 0 Å². The summed E-state index contributed by atoms with van der Waals surface area (Å²) in [6, 6.07) is -0.977. The summed E-state index contributed by atoms with van der Waals surface area (Å²) in [5, 5.41) is 28.3. The average Bonchev–Trinajstić information content (AvgIpc) is 3.17. The number of nitrogens with one attached hydrogen (secondary N) is 2. The van der Waals surface area contributed by atoms with Gasteiger partial charge in [-0.2, -0.15) is 0 Å². The van der Waals surface area contributed by atoms with E-state index >= 15 is 0 Å². The highest BCUT2D eigenvalue weighted by Crippen LogP contribution is 2.40. The Bertz CT molecular complexity index is 928. The molecule has 12 nitrogen and oxygen atoms in total. The standard InChI is InChI=1S/C15H15N5O7S2/c1-27-19-8(7-4-29-15(17-7)16-5-22)11(23)18-9-12(24)20-10(14(25)26)6(2-21)3-28-13(9)20/h4-5,9,13,21H,2-3H2,1H3,(H,18,23)(H,25,26)(H,16,17,22)/t9?,13-/m0/s1. The van der Waals surface area contributed by atoms with E-state index in [0.717, 1.165) is 16.2 Å². The number of rotatable bonds is 8. The van der Waals surface area contributed by atoms with Crippen molar-refractivity contribution in [2.24, 2.45) is 5.16 Å². The third-order valence-corrected chi connectivity index (χ3v) is 6.17. The Kier molecular flexibility index (Phi) is 6.14. The van der Waals surface area contributed by atoms with Gasteiger partial charge in [-0.15, -0.1) is 23.1 Å². The lowest BCUT2D eigenvalue weighted by molar-refractivity contribution is -0.150. The topological polar surface area (TPSA) is 171 Å². The molecule has 3 rings (SSSR count). The van der Waals surface area contributed by atoms with Crippen LogP contribution >= 0.6 is 23.1 Å². The van der Waals surface area contributed by atoms with Crippen LogP contribution in [-0.2, 0) is 24.0 Å². The van der Waals surface area contributed by atoms with E-state index in [1.165, 1.54) is 24.3 Å². The minimum atomic E-state index is -1.32. The highest BCUT2D eigenvalue weighted by molar-refractivity contribution is 8.00. The van der Waals surface area contributed by atoms with E-state index in [-0.39, 0.29) is 33.6 Å². The van der Waals surface area contributed by atoms with E-state index < -0.39 is 35.8 Å². The molecule has 2 aliphatic heterocycles. The molecule has 1 saturated heterocycles. The van der Waals surface area contributed by atoms with Gasteiger partial charge in [0, 0.05) is 11.1 Å². The largest absolute Gasteiger partial charge is 0.477 e. The predicted octanol–water partition coefficient (Wildman–Crippen LogP) is -1.21. The summed E-state index contributed by atoms with van der Waals surface area (Å²) in [5.74, 6) is -2.47. The number of hydrogen-bond acceptors (Lipinski definition) is 10. The summed E-state index contributed by atoms with van der Waals surface area (Å²) in [5.41, 5.74) is -0.107. The lowest BCUT2D eigenvalue weighted by Crippen LogP contribution is -2.71. The number of carbonyl (C=O) groups is 4. The second-order valence-corrected chi connectivity index (χ2v) is 7.66. The number of thioether (sulfide) groups is 1. The van der Waals surface area contributed by atoms with Gasteiger partial charge in [0.1, 0.15) is 29.9 Å². The molecular weight excluding hydrogens is 426 g/mol. The SMILES string of the molecule is CON=C(C(=O)NC1C(=O)N2C(C(=O)O)=C(CO)CS[C@@H]12)c1csc(NC=O)n1. The zero-order valence-corrected chi connectivity index (χ0v) is 16.5. The van der Waals surface area contributed by atoms with Gasteiger partial charge in [-0.1, -0.05) is 5.16 Å². The molecule has 1 aromatic heterocycles. The Morgan fingerprint density at radius 2 is 2.28 bits per heavy atom. The van der Waals surface area contributed by atoms with Gasteiger partial charge < -0.3 is 25.7 Å². The zero-order chi connectivity index (χ0) is 21.1. The van der Waals surface area contributed by atoms with Gasteiger partial charge in [0.05, 0.1) is 6.61 Å². The number of aliphatic hydroxyl groups is 1. The number of fused-ring (bicyclic) bond motifs is 1. The van der Waals surface area contributed by atoms with Gasteiger partial charge in [-0.25, -0.2) is 9.78 Å². The fourth-order valence-electron chi connectivity index (χ4n) is 2.81. The Labute approximate surface area is 171 Å². The van der Waals surface area contributed by atoms with Gasteiger partial charge >= 0.3 is 5.97 Å². The maximum Gasteiger partial charge on any atom is 0.352 e. The monoisotopic (exact) mass is 441 g/mol. The molecule has 2 aliphatic rings. The van der Waals surface area contributed by atoms with Crippen molar-refractivity contribution >= 4 is 58.1 Å². The second-order valence-electron chi connectivity index (χ2n) is 5.70. The van der Waals surface area contributed by atoms with Crippen LogP contribution in [0, 0.1) is 0 Å². The maximum absolute atomic E-state index is 12.7. The van der Waals surface area contributed by atoms with Crippen molar-refractivity contribution in [3.63, 3.8) is 0 Å². The van der Waals surface area contributed by atoms with E-state index in [4.69, 9.17) is 0 Å². The van der Waals surface area contributed by atoms with Crippen LogP contribution < -0.4 is 10.6 Å². The quantitative estimate of drug-likeness (QED) is 0.167. The molecule has 2 atom stereocenters. The number of carbonyl (C=O) groups excluding carboxylic acids is 3. The van der Waals surface area contributed by atoms with Crippen LogP contribution in [-0.4, -0.2) is 80.9 Å². The van der Waals surface area contributed by atoms with Crippen molar-refractivity contribution in [1.82, 2.24) is 15.2 Å². The van der Waals surface area contributed by atoms with Crippen LogP contribution in [0.2, 0.25) is 0 Å². The first kappa shape index (κ1) is 20.8. The molecule has 29 heavy (non-hydrogen) atoms. The molecule has 0 aromatic carbocycles. The number of oxime groups is 1. The number of hydrogen-bond donors (Lipinski definition) is 4. The number of aliphatic hydroxyl groups excluding tert-OH is 1. The summed E-state index contributed by atoms with van der Waals surface area (Å²) in [4.78, 5) is 56.9. The number of nitrogens with zero attached hydrogens (tertiary/aromatic N) is 3. The fraction of sp³-hybridized carbons (Fsp3) is 0.333. The number of thiazole rings is 1. The van der Waals surface area contributed by atoms with Crippen LogP contribution in [0.3, 0.4) is 0 Å². The smallest absolute Gasteiger partial charge is 0.352 e. The molecule has 14 heteroatoms. The number of aromatic nitrogens is 1. The number of amides is 3. The van der Waals surface area contributed by atoms with Crippen molar-refractivity contribution in [2.45, 2.75) is 11.4 Å². The molecule has 1 unspecified atom stereocenters. The van der Waals surface area contributed by atoms with E-state index in [9.17, 15) is 29.4 Å². The molecule has 1 fully saturated rings. The summed E-state index contributed by atoms with van der Waals surface area (Å²) in [7, 11) is 1.23. The van der Waals surface area contributed by atoms with Gasteiger partial charge in [0.2, 0.25) is 6.41 Å². The molecule has 4 N–H and O–H groups in total. The van der Waals surface area contributed by atoms with Crippen molar-refractivity contribution in [1.29, 1.82) is 0 Å². The first-order chi connectivity index (χ1) is 13.9. The van der Waals surface area contributed by atoms with Gasteiger partial charge in [-0.3, -0.25) is 19.3 Å². The lowest BCUT2D eigenvalue weighted by atomic mass is 10.0. The number of aliphatic carboxylic acids is 1. The molecule has 3 amide bonds. The average molecular weight is 441 g/mol. The van der Waals surface area contributed by atoms with Gasteiger partial charge in [0.15, 0.2) is 10.8 Å². The zero-order valence-electron chi connectivity index (χ0n) is 14.8. The fourth-order valence-corrected chi connectivity index (χ4v) is 4.80. The summed E-state index contributed by atoms with van der Waals surface area (Å²) in [6.45, 7) is -0.478. The van der Waals surface area contributed by atoms with Crippen molar-refractivity contribution < 1.29 is 34.2 Å². The number of carboxylic acids is 1. The van der Waals surface area contributed by atoms with Crippen molar-refractivity contribution in [3.05, 3.63) is 22.3 Å². The minimum Gasteiger partial charge on any atom is -0.477 e. The van der Waals surface area contributed by atoms with E-state index in [2.05, 4.69) is 25.6 Å². The van der Waals surface area contributed by atoms with Crippen LogP contribution in [0.1, 0.15) is 5.69 Å². The Morgan fingerprint density at radius 1 is 1.52 bits per heavy atom. The molecular formula is C15H15N5O7S2. The Hall–Kier alpha value is -2.97. The summed E-state index contributed by atoms with van der Waals surface area (Å²) >= 11 is 2.29. The number of β-lactam (4-membered cyclic amide) rings is 1. The van der Waals surface area contributed by atoms with Crippen molar-refractivity contribution in [2.75, 3.05) is 24.8 Å². The van der Waals surface area contributed by atoms with E-state index in [1.807, 2.05) is 0 Å². The molecule has 154 valence electrons. The lowest BCUT2D eigenvalue weighted by Gasteiger charge is -2.49. The van der Waals surface area contributed by atoms with Crippen LogP contribution in [0.25, 0.3) is 0 Å². The molecule has 0 spiro atoms. The predicted molar refractivity (Wildman–Crippen MR) is 102 cm³/mol. The second kappa shape index (κ2) is 8.59. The number of carboxylic acid groups (broad SMARTS) is 1. The maximum atomic E-state index is 12.7. The third kappa shape index (κ3) is 3.81. The molecule has 1 aromatic rings. The summed E-state index contributed by atoms with van der Waals surface area (Å²) < 4.78 is 0. The first-order valence-electron chi connectivity index (χ1n) is 8.01. The minimum absolute atomic E-state index is 0.132. The molecule has 0 bridgehead atoms. The van der Waals surface area contributed by atoms with Crippen molar-refractivity contribution in [3.8, 4) is 0 Å². The molecule has 3 heterocycles. The Morgan fingerprint density at radius 3 is 2.90 bits per heavy atom. The molecule has 0 radical (unpaired) electrons. The van der Waals surface area contributed by atoms with E-state index in [0.29, 0.717) is 6.41 Å². The highest BCUT2D eigenvalue weighted by atomic mass is 32.2. The number of anilines is 1. The Balaban J connectivity index is 1.77. The van der Waals surface area contributed by atoms with E-state index in [1.54, 1.807) is 0 Å². The third-order valence-electron chi connectivity index (χ3n) is 4.05. The highest BCUT2D eigenvalue weighted by Gasteiger charge is 2.54. The normalized spacial score (nSPS) is 21.2. The summed E-state index contributed by atoms with van der Waals surface area (Å²) in [6.07, 6.45) is 0.436. The van der Waals surface area contributed by atoms with Gasteiger partial charge in [0.25, 0.3) is 11.8 Å².